The molecular formula is C15H12ClF2NO. The van der Waals surface area contributed by atoms with Crippen molar-refractivity contribution in [2.24, 2.45) is 0 Å². The summed E-state index contributed by atoms with van der Waals surface area (Å²) in [6.45, 7) is 0.0674. The van der Waals surface area contributed by atoms with Crippen LogP contribution in [0, 0.1) is 11.6 Å². The summed E-state index contributed by atoms with van der Waals surface area (Å²) >= 11 is 5.95. The summed E-state index contributed by atoms with van der Waals surface area (Å²) in [5.74, 6) is -1.59. The molecule has 0 radical (unpaired) electrons. The van der Waals surface area contributed by atoms with Crippen LogP contribution < -0.4 is 5.32 Å². The largest absolute Gasteiger partial charge is 0.352 e. The maximum atomic E-state index is 13.0. The van der Waals surface area contributed by atoms with Crippen molar-refractivity contribution in [2.45, 2.75) is 13.0 Å². The zero-order valence-electron chi connectivity index (χ0n) is 10.5. The highest BCUT2D eigenvalue weighted by atomic mass is 35.5. The van der Waals surface area contributed by atoms with Gasteiger partial charge in [-0.25, -0.2) is 8.78 Å². The van der Waals surface area contributed by atoms with E-state index in [0.29, 0.717) is 16.1 Å². The minimum Gasteiger partial charge on any atom is -0.352 e. The van der Waals surface area contributed by atoms with E-state index in [4.69, 9.17) is 11.6 Å². The summed E-state index contributed by atoms with van der Waals surface area (Å²) in [5.41, 5.74) is 1.08. The Kier molecular flexibility index (Phi) is 4.69. The first kappa shape index (κ1) is 14.5. The number of benzene rings is 2. The van der Waals surface area contributed by atoms with Crippen LogP contribution in [0.2, 0.25) is 5.02 Å². The lowest BCUT2D eigenvalue weighted by atomic mass is 10.1. The molecule has 5 heteroatoms. The molecule has 20 heavy (non-hydrogen) atoms. The second kappa shape index (κ2) is 6.48. The van der Waals surface area contributed by atoms with Crippen LogP contribution in [0.1, 0.15) is 11.1 Å². The lowest BCUT2D eigenvalue weighted by molar-refractivity contribution is -0.120. The van der Waals surface area contributed by atoms with Crippen LogP contribution in [0.5, 0.6) is 0 Å². The van der Waals surface area contributed by atoms with Gasteiger partial charge in [0.1, 0.15) is 11.6 Å². The van der Waals surface area contributed by atoms with Crippen molar-refractivity contribution in [1.82, 2.24) is 5.32 Å². The Morgan fingerprint density at radius 2 is 1.75 bits per heavy atom. The van der Waals surface area contributed by atoms with Gasteiger partial charge >= 0.3 is 0 Å². The second-order valence-corrected chi connectivity index (χ2v) is 4.73. The maximum Gasteiger partial charge on any atom is 0.224 e. The van der Waals surface area contributed by atoms with E-state index in [-0.39, 0.29) is 18.9 Å². The minimum atomic E-state index is -0.666. The summed E-state index contributed by atoms with van der Waals surface area (Å²) < 4.78 is 26.0. The molecule has 2 aromatic rings. The summed E-state index contributed by atoms with van der Waals surface area (Å²) in [6.07, 6.45) is 0.122. The van der Waals surface area contributed by atoms with E-state index in [2.05, 4.69) is 5.32 Å². The molecule has 0 bridgehead atoms. The van der Waals surface area contributed by atoms with Gasteiger partial charge in [0.25, 0.3) is 0 Å². The minimum absolute atomic E-state index is 0.0674. The number of hydrogen-bond donors (Lipinski definition) is 1. The Hall–Kier alpha value is -1.94. The number of rotatable bonds is 4. The fourth-order valence-electron chi connectivity index (χ4n) is 1.79. The number of hydrogen-bond acceptors (Lipinski definition) is 1. The molecule has 1 N–H and O–H groups in total. The molecule has 0 fully saturated rings. The molecule has 0 saturated heterocycles. The number of carbonyl (C=O) groups is 1. The smallest absolute Gasteiger partial charge is 0.224 e. The van der Waals surface area contributed by atoms with Crippen LogP contribution in [-0.4, -0.2) is 5.91 Å². The van der Waals surface area contributed by atoms with E-state index in [1.807, 2.05) is 0 Å². The average molecular weight is 296 g/mol. The van der Waals surface area contributed by atoms with Crippen molar-refractivity contribution in [3.05, 3.63) is 70.2 Å². The molecule has 0 aromatic heterocycles. The van der Waals surface area contributed by atoms with E-state index in [9.17, 15) is 13.6 Å². The Bertz CT molecular complexity index is 611. The maximum absolute atomic E-state index is 13.0. The van der Waals surface area contributed by atoms with Crippen LogP contribution >= 0.6 is 11.6 Å². The number of halogens is 3. The van der Waals surface area contributed by atoms with E-state index in [1.165, 1.54) is 12.1 Å². The fourth-order valence-corrected chi connectivity index (χ4v) is 1.99. The third kappa shape index (κ3) is 4.03. The summed E-state index contributed by atoms with van der Waals surface area (Å²) in [6, 6.07) is 10.2. The number of nitrogens with one attached hydrogen (secondary N) is 1. The molecular weight excluding hydrogens is 284 g/mol. The highest BCUT2D eigenvalue weighted by Gasteiger charge is 2.07. The monoisotopic (exact) mass is 295 g/mol. The van der Waals surface area contributed by atoms with Crippen LogP contribution in [0.4, 0.5) is 8.78 Å². The van der Waals surface area contributed by atoms with E-state index in [0.717, 1.165) is 6.07 Å². The van der Waals surface area contributed by atoms with Crippen molar-refractivity contribution in [2.75, 3.05) is 0 Å². The molecule has 0 spiro atoms. The molecule has 0 unspecified atom stereocenters. The van der Waals surface area contributed by atoms with Gasteiger partial charge in [0.05, 0.1) is 6.42 Å². The zero-order chi connectivity index (χ0) is 14.5. The van der Waals surface area contributed by atoms with Gasteiger partial charge < -0.3 is 5.32 Å². The summed E-state index contributed by atoms with van der Waals surface area (Å²) in [5, 5.41) is 3.11. The predicted octanol–water partition coefficient (Wildman–Crippen LogP) is 3.48. The van der Waals surface area contributed by atoms with Gasteiger partial charge in [0.15, 0.2) is 0 Å². The van der Waals surface area contributed by atoms with E-state index in [1.54, 1.807) is 24.3 Å². The number of amides is 1. The molecule has 0 atom stereocenters. The van der Waals surface area contributed by atoms with Gasteiger partial charge in [0, 0.05) is 17.6 Å². The van der Waals surface area contributed by atoms with E-state index >= 15 is 0 Å². The predicted molar refractivity (Wildman–Crippen MR) is 73.4 cm³/mol. The van der Waals surface area contributed by atoms with Crippen LogP contribution in [0.15, 0.2) is 42.5 Å². The SMILES string of the molecule is O=C(Cc1ccccc1Cl)NCc1cc(F)cc(F)c1. The van der Waals surface area contributed by atoms with Crippen LogP contribution in [0.3, 0.4) is 0 Å². The highest BCUT2D eigenvalue weighted by molar-refractivity contribution is 6.31. The Labute approximate surface area is 120 Å². The topological polar surface area (TPSA) is 29.1 Å². The lowest BCUT2D eigenvalue weighted by Gasteiger charge is -2.07. The normalized spacial score (nSPS) is 10.3. The molecule has 0 aliphatic rings. The number of carbonyl (C=O) groups excluding carboxylic acids is 1. The standard InChI is InChI=1S/C15H12ClF2NO/c16-14-4-2-1-3-11(14)7-15(20)19-9-10-5-12(17)8-13(18)6-10/h1-6,8H,7,9H2,(H,19,20). The average Bonchev–Trinajstić information content (AvgIpc) is 2.38. The van der Waals surface area contributed by atoms with Crippen LogP contribution in [0.25, 0.3) is 0 Å². The Morgan fingerprint density at radius 1 is 1.10 bits per heavy atom. The fraction of sp³-hybridized carbons (Fsp3) is 0.133. The molecule has 0 heterocycles. The van der Waals surface area contributed by atoms with Crippen molar-refractivity contribution < 1.29 is 13.6 Å². The molecule has 104 valence electrons. The summed E-state index contributed by atoms with van der Waals surface area (Å²) in [4.78, 5) is 11.8. The third-order valence-corrected chi connectivity index (χ3v) is 3.09. The third-order valence-electron chi connectivity index (χ3n) is 2.72. The van der Waals surface area contributed by atoms with Gasteiger partial charge in [-0.3, -0.25) is 4.79 Å². The first-order chi connectivity index (χ1) is 9.54. The molecule has 2 rings (SSSR count). The van der Waals surface area contributed by atoms with Crippen molar-refractivity contribution in [3.8, 4) is 0 Å². The molecule has 0 saturated carbocycles. The lowest BCUT2D eigenvalue weighted by Crippen LogP contribution is -2.24. The molecule has 0 aliphatic heterocycles. The van der Waals surface area contributed by atoms with Crippen molar-refractivity contribution in [3.63, 3.8) is 0 Å². The van der Waals surface area contributed by atoms with E-state index < -0.39 is 11.6 Å². The van der Waals surface area contributed by atoms with Gasteiger partial charge in [-0.15, -0.1) is 0 Å². The zero-order valence-corrected chi connectivity index (χ0v) is 11.3. The van der Waals surface area contributed by atoms with Gasteiger partial charge in [-0.05, 0) is 29.3 Å². The van der Waals surface area contributed by atoms with Gasteiger partial charge in [-0.1, -0.05) is 29.8 Å². The van der Waals surface area contributed by atoms with Crippen molar-refractivity contribution >= 4 is 17.5 Å². The quantitative estimate of drug-likeness (QED) is 0.919. The first-order valence-corrected chi connectivity index (χ1v) is 6.37. The van der Waals surface area contributed by atoms with Gasteiger partial charge in [0.2, 0.25) is 5.91 Å². The Balaban J connectivity index is 1.94. The van der Waals surface area contributed by atoms with Crippen molar-refractivity contribution in [1.29, 1.82) is 0 Å². The molecule has 0 aliphatic carbocycles. The van der Waals surface area contributed by atoms with Crippen LogP contribution in [-0.2, 0) is 17.8 Å². The second-order valence-electron chi connectivity index (χ2n) is 4.32. The van der Waals surface area contributed by atoms with Gasteiger partial charge in [-0.2, -0.15) is 0 Å². The Morgan fingerprint density at radius 3 is 2.40 bits per heavy atom. The highest BCUT2D eigenvalue weighted by Crippen LogP contribution is 2.15. The molecule has 2 nitrogen and oxygen atoms in total. The molecule has 2 aromatic carbocycles. The molecule has 1 amide bonds. The first-order valence-electron chi connectivity index (χ1n) is 5.99. The summed E-state index contributed by atoms with van der Waals surface area (Å²) in [7, 11) is 0.